The number of rotatable bonds is 2. The second-order valence-electron chi connectivity index (χ2n) is 8.05. The van der Waals surface area contributed by atoms with Crippen LogP contribution in [-0.4, -0.2) is 63.1 Å². The van der Waals surface area contributed by atoms with Gasteiger partial charge < -0.3 is 9.80 Å². The predicted octanol–water partition coefficient (Wildman–Crippen LogP) is 1.93. The van der Waals surface area contributed by atoms with E-state index in [2.05, 4.69) is 20.2 Å². The van der Waals surface area contributed by atoms with Crippen LogP contribution in [0.4, 0.5) is 5.95 Å². The third-order valence-corrected chi connectivity index (χ3v) is 6.01. The van der Waals surface area contributed by atoms with Crippen molar-refractivity contribution in [2.24, 2.45) is 0 Å². The van der Waals surface area contributed by atoms with E-state index < -0.39 is 0 Å². The fourth-order valence-electron chi connectivity index (χ4n) is 4.56. The van der Waals surface area contributed by atoms with Crippen LogP contribution in [-0.2, 0) is 11.8 Å². The first-order valence-corrected chi connectivity index (χ1v) is 9.69. The topological polar surface area (TPSA) is 90.9 Å². The molecule has 8 nitrogen and oxygen atoms in total. The molecule has 144 valence electrons. The molecule has 5 rings (SSSR count). The summed E-state index contributed by atoms with van der Waals surface area (Å²) in [5.74, 6) is 0.709. The monoisotopic (exact) mass is 377 g/mol. The molecule has 3 aromatic rings. The number of carbonyl (C=O) groups excluding carboxylic acids is 1. The molecule has 0 saturated carbocycles. The molecule has 8 heteroatoms. The van der Waals surface area contributed by atoms with E-state index in [-0.39, 0.29) is 11.3 Å². The van der Waals surface area contributed by atoms with Crippen molar-refractivity contribution in [1.82, 2.24) is 30.0 Å². The number of hydrogen-bond donors (Lipinski definition) is 1. The summed E-state index contributed by atoms with van der Waals surface area (Å²) in [5.41, 5.74) is 3.38. The van der Waals surface area contributed by atoms with Crippen LogP contribution >= 0.6 is 0 Å². The first-order valence-electron chi connectivity index (χ1n) is 9.69. The van der Waals surface area contributed by atoms with Crippen LogP contribution < -0.4 is 4.90 Å². The fraction of sp³-hybridized carbons (Fsp3) is 0.450. The maximum atomic E-state index is 13.2. The van der Waals surface area contributed by atoms with Crippen LogP contribution in [0, 0.1) is 0 Å². The summed E-state index contributed by atoms with van der Waals surface area (Å²) in [4.78, 5) is 30.9. The molecule has 1 spiro atoms. The number of aromatic amines is 1. The van der Waals surface area contributed by atoms with E-state index >= 15 is 0 Å². The molecular weight excluding hydrogens is 354 g/mol. The highest BCUT2D eigenvalue weighted by Gasteiger charge is 2.45. The first kappa shape index (κ1) is 17.1. The molecule has 1 aliphatic carbocycles. The first-order chi connectivity index (χ1) is 13.6. The van der Waals surface area contributed by atoms with Crippen molar-refractivity contribution in [1.29, 1.82) is 0 Å². The molecule has 1 amide bonds. The van der Waals surface area contributed by atoms with Gasteiger partial charge in [-0.1, -0.05) is 0 Å². The van der Waals surface area contributed by atoms with Crippen LogP contribution in [0.15, 0.2) is 24.5 Å². The number of H-pyrrole nitrogens is 1. The number of amides is 1. The average molecular weight is 377 g/mol. The molecule has 1 fully saturated rings. The summed E-state index contributed by atoms with van der Waals surface area (Å²) in [5, 5.41) is 7.74. The highest BCUT2D eigenvalue weighted by atomic mass is 16.2. The van der Waals surface area contributed by atoms with Crippen LogP contribution in [0.1, 0.15) is 41.0 Å². The number of piperidine rings is 1. The molecule has 1 saturated heterocycles. The van der Waals surface area contributed by atoms with Gasteiger partial charge in [-0.2, -0.15) is 5.10 Å². The Kier molecular flexibility index (Phi) is 3.82. The molecule has 0 aromatic carbocycles. The average Bonchev–Trinajstić information content (AvgIpc) is 3.32. The lowest BCUT2D eigenvalue weighted by Gasteiger charge is -2.40. The predicted molar refractivity (Wildman–Crippen MR) is 105 cm³/mol. The quantitative estimate of drug-likeness (QED) is 0.734. The van der Waals surface area contributed by atoms with Crippen molar-refractivity contribution < 1.29 is 4.79 Å². The maximum Gasteiger partial charge on any atom is 0.272 e. The second kappa shape index (κ2) is 6.25. The Morgan fingerprint density at radius 1 is 1.21 bits per heavy atom. The number of carbonyl (C=O) groups is 1. The number of pyridine rings is 1. The maximum absolute atomic E-state index is 13.2. The Hall–Kier alpha value is -3.03. The van der Waals surface area contributed by atoms with Crippen molar-refractivity contribution >= 4 is 22.9 Å². The molecule has 3 aromatic heterocycles. The lowest BCUT2D eigenvalue weighted by Crippen LogP contribution is -2.48. The van der Waals surface area contributed by atoms with Gasteiger partial charge in [0.2, 0.25) is 5.95 Å². The molecule has 0 bridgehead atoms. The van der Waals surface area contributed by atoms with Crippen LogP contribution in [0.5, 0.6) is 0 Å². The summed E-state index contributed by atoms with van der Waals surface area (Å²) < 4.78 is 0. The molecule has 1 aliphatic heterocycles. The third kappa shape index (κ3) is 2.63. The number of anilines is 1. The van der Waals surface area contributed by atoms with Gasteiger partial charge in [0.25, 0.3) is 5.91 Å². The largest absolute Gasteiger partial charge is 0.347 e. The van der Waals surface area contributed by atoms with Crippen molar-refractivity contribution in [2.45, 2.75) is 31.1 Å². The van der Waals surface area contributed by atoms with E-state index in [1.165, 1.54) is 5.56 Å². The Bertz CT molecular complexity index is 1060. The Morgan fingerprint density at radius 3 is 2.96 bits per heavy atom. The molecule has 2 aliphatic rings. The van der Waals surface area contributed by atoms with E-state index in [1.54, 1.807) is 12.3 Å². The van der Waals surface area contributed by atoms with Gasteiger partial charge in [0.1, 0.15) is 5.69 Å². The number of likely N-dealkylation sites (tertiary alicyclic amines) is 1. The standard InChI is InChI=1S/C20H23N7O/c1-26(2)19-21-10-13-6-8-20(16(13)24-19)7-3-9-27(12-20)18(28)15-5-4-14-11-22-25-17(14)23-15/h4-5,10-11H,3,6-9,12H2,1-2H3,(H,22,23,25). The van der Waals surface area contributed by atoms with Gasteiger partial charge in [-0.25, -0.2) is 15.0 Å². The number of fused-ring (bicyclic) bond motifs is 3. The van der Waals surface area contributed by atoms with Gasteiger partial charge in [0, 0.05) is 44.2 Å². The molecule has 4 heterocycles. The summed E-state index contributed by atoms with van der Waals surface area (Å²) in [6, 6.07) is 3.68. The zero-order valence-electron chi connectivity index (χ0n) is 16.1. The van der Waals surface area contributed by atoms with Crippen LogP contribution in [0.2, 0.25) is 0 Å². The van der Waals surface area contributed by atoms with Gasteiger partial charge in [0.15, 0.2) is 5.65 Å². The lowest BCUT2D eigenvalue weighted by atomic mass is 9.77. The van der Waals surface area contributed by atoms with Crippen molar-refractivity contribution in [2.75, 3.05) is 32.1 Å². The minimum atomic E-state index is -0.0744. The van der Waals surface area contributed by atoms with E-state index in [0.29, 0.717) is 17.9 Å². The van der Waals surface area contributed by atoms with E-state index in [4.69, 9.17) is 4.98 Å². The zero-order valence-corrected chi connectivity index (χ0v) is 16.1. The van der Waals surface area contributed by atoms with Gasteiger partial charge >= 0.3 is 0 Å². The van der Waals surface area contributed by atoms with E-state index in [9.17, 15) is 4.79 Å². The SMILES string of the molecule is CN(C)c1ncc2c(n1)C1(CCCN(C(=O)c3ccc4cn[nH]c4n3)C1)CC2. The fourth-order valence-corrected chi connectivity index (χ4v) is 4.56. The molecule has 28 heavy (non-hydrogen) atoms. The normalized spacial score (nSPS) is 21.3. The Labute approximate surface area is 163 Å². The van der Waals surface area contributed by atoms with Crippen molar-refractivity contribution in [3.8, 4) is 0 Å². The number of aryl methyl sites for hydroxylation is 1. The van der Waals surface area contributed by atoms with Gasteiger partial charge in [-0.3, -0.25) is 9.89 Å². The minimum absolute atomic E-state index is 0.0223. The molecular formula is C20H23N7O. The summed E-state index contributed by atoms with van der Waals surface area (Å²) >= 11 is 0. The number of hydrogen-bond acceptors (Lipinski definition) is 6. The van der Waals surface area contributed by atoms with Crippen LogP contribution in [0.3, 0.4) is 0 Å². The van der Waals surface area contributed by atoms with Gasteiger partial charge in [-0.05, 0) is 43.4 Å². The highest BCUT2D eigenvalue weighted by molar-refractivity contribution is 5.94. The lowest BCUT2D eigenvalue weighted by molar-refractivity contribution is 0.0628. The second-order valence-corrected chi connectivity index (χ2v) is 8.05. The number of aromatic nitrogens is 5. The van der Waals surface area contributed by atoms with Crippen molar-refractivity contribution in [3.63, 3.8) is 0 Å². The third-order valence-electron chi connectivity index (χ3n) is 6.01. The number of nitrogens with one attached hydrogen (secondary N) is 1. The number of nitrogens with zero attached hydrogens (tertiary/aromatic N) is 6. The minimum Gasteiger partial charge on any atom is -0.347 e. The zero-order chi connectivity index (χ0) is 19.3. The molecule has 0 radical (unpaired) electrons. The Balaban J connectivity index is 1.46. The summed E-state index contributed by atoms with van der Waals surface area (Å²) in [6.45, 7) is 1.44. The van der Waals surface area contributed by atoms with Gasteiger partial charge in [0.05, 0.1) is 11.9 Å². The van der Waals surface area contributed by atoms with Gasteiger partial charge in [-0.15, -0.1) is 0 Å². The smallest absolute Gasteiger partial charge is 0.272 e. The van der Waals surface area contributed by atoms with Crippen molar-refractivity contribution in [3.05, 3.63) is 41.5 Å². The van der Waals surface area contributed by atoms with E-state index in [0.717, 1.165) is 49.3 Å². The van der Waals surface area contributed by atoms with E-state index in [1.807, 2.05) is 36.2 Å². The highest BCUT2D eigenvalue weighted by Crippen LogP contribution is 2.44. The molecule has 1 N–H and O–H groups in total. The van der Waals surface area contributed by atoms with Crippen LogP contribution in [0.25, 0.3) is 11.0 Å². The molecule has 1 atom stereocenters. The Morgan fingerprint density at radius 2 is 2.11 bits per heavy atom. The summed E-state index contributed by atoms with van der Waals surface area (Å²) in [7, 11) is 3.91. The summed E-state index contributed by atoms with van der Waals surface area (Å²) in [6.07, 6.45) is 7.69. The molecule has 1 unspecified atom stereocenters.